The molecule has 0 amide bonds. The predicted molar refractivity (Wildman–Crippen MR) is 140 cm³/mol. The second-order valence-electron chi connectivity index (χ2n) is 6.68. The van der Waals surface area contributed by atoms with Gasteiger partial charge < -0.3 is 35.1 Å². The third kappa shape index (κ3) is 20.8. The normalized spacial score (nSPS) is 18.2. The first-order valence-corrected chi connectivity index (χ1v) is 21.5. The van der Waals surface area contributed by atoms with E-state index < -0.39 is 26.9 Å². The zero-order valence-corrected chi connectivity index (χ0v) is 30.9. The molecule has 0 aromatic carbocycles. The minimum Gasteiger partial charge on any atom is -0.468 e. The van der Waals surface area contributed by atoms with Gasteiger partial charge in [0, 0.05) is 34.0 Å². The van der Waals surface area contributed by atoms with Gasteiger partial charge >= 0.3 is 8.80 Å². The molecule has 0 saturated carbocycles. The molecule has 3 atom stereocenters. The standard InChI is InChI=1S/C7H18O3Si2.C6H20O4Si3.CH8OSi2/c1-12(10-11)4-2-3-8-5-7-6-9-7;1-7-13(8-2,9-3)6-5-12(4)10-11;1-4-2-3/h7,12H,2-6H2,1,11H3;12H,5-6H2,1-4,11H3;4H2,1,3H3. The van der Waals surface area contributed by atoms with Crippen molar-refractivity contribution in [1.82, 2.24) is 0 Å². The van der Waals surface area contributed by atoms with E-state index in [1.165, 1.54) is 6.04 Å². The molecule has 1 aliphatic rings. The Labute approximate surface area is 194 Å². The third-order valence-corrected chi connectivity index (χ3v) is 18.9. The van der Waals surface area contributed by atoms with Gasteiger partial charge in [-0.15, -0.1) is 0 Å². The molecule has 1 saturated heterocycles. The van der Waals surface area contributed by atoms with Gasteiger partial charge in [0.1, 0.15) is 47.3 Å². The van der Waals surface area contributed by atoms with Crippen LogP contribution in [0.3, 0.4) is 0 Å². The average molecular weight is 539 g/mol. The highest BCUT2D eigenvalue weighted by molar-refractivity contribution is 6.64. The van der Waals surface area contributed by atoms with Crippen molar-refractivity contribution in [3.63, 3.8) is 0 Å². The van der Waals surface area contributed by atoms with Gasteiger partial charge in [0.15, 0.2) is 18.1 Å². The number of hydrogen-bond donors (Lipinski definition) is 0. The van der Waals surface area contributed by atoms with Crippen LogP contribution in [-0.4, -0.2) is 115 Å². The Morgan fingerprint density at radius 1 is 1.00 bits per heavy atom. The molecule has 1 rings (SSSR count). The van der Waals surface area contributed by atoms with Gasteiger partial charge in [0.2, 0.25) is 0 Å². The highest BCUT2D eigenvalue weighted by Gasteiger charge is 2.37. The number of epoxide rings is 1. The Balaban J connectivity index is 0. The number of rotatable bonds is 15. The van der Waals surface area contributed by atoms with Crippen molar-refractivity contribution >= 4 is 68.1 Å². The molecule has 0 spiro atoms. The Bertz CT molecular complexity index is 331. The highest BCUT2D eigenvalue weighted by atomic mass is 28.4. The molecule has 0 bridgehead atoms. The molecule has 0 N–H and O–H groups in total. The molecule has 1 fully saturated rings. The van der Waals surface area contributed by atoms with Gasteiger partial charge in [-0.1, -0.05) is 6.55 Å². The van der Waals surface area contributed by atoms with E-state index in [0.29, 0.717) is 6.10 Å². The summed E-state index contributed by atoms with van der Waals surface area (Å²) in [5.74, 6) is 0. The fourth-order valence-electron chi connectivity index (χ4n) is 2.02. The van der Waals surface area contributed by atoms with Crippen molar-refractivity contribution in [2.24, 2.45) is 0 Å². The average Bonchev–Trinajstić information content (AvgIpc) is 3.59. The van der Waals surface area contributed by atoms with Crippen LogP contribution >= 0.6 is 0 Å². The fraction of sp³-hybridized carbons (Fsp3) is 1.00. The second kappa shape index (κ2) is 22.4. The van der Waals surface area contributed by atoms with Gasteiger partial charge in [-0.3, -0.25) is 0 Å². The lowest BCUT2D eigenvalue weighted by atomic mass is 10.5. The van der Waals surface area contributed by atoms with Crippen LogP contribution in [0.15, 0.2) is 0 Å². The molecule has 0 aromatic heterocycles. The molecule has 29 heavy (non-hydrogen) atoms. The van der Waals surface area contributed by atoms with Crippen LogP contribution < -0.4 is 0 Å². The minimum atomic E-state index is -2.33. The maximum Gasteiger partial charge on any atom is 0.499 e. The lowest BCUT2D eigenvalue weighted by Crippen LogP contribution is -2.43. The molecule has 0 aliphatic carbocycles. The lowest BCUT2D eigenvalue weighted by molar-refractivity contribution is 0.117. The van der Waals surface area contributed by atoms with Crippen molar-refractivity contribution in [3.05, 3.63) is 0 Å². The SMILES string of the molecule is CO[Si](CC[SiH](C)O[SiH3])(OC)OC.C[SiH2]O[SiH3].C[SiH](CCCOCC1CO1)O[SiH3]. The summed E-state index contributed by atoms with van der Waals surface area (Å²) in [7, 11) is 3.53. The van der Waals surface area contributed by atoms with E-state index in [0.717, 1.165) is 69.8 Å². The van der Waals surface area contributed by atoms with E-state index in [1.54, 1.807) is 21.3 Å². The van der Waals surface area contributed by atoms with Crippen molar-refractivity contribution in [2.45, 2.75) is 50.3 Å². The summed E-state index contributed by atoms with van der Waals surface area (Å²) in [4.78, 5) is 0. The summed E-state index contributed by atoms with van der Waals surface area (Å²) in [6.07, 6.45) is 1.57. The third-order valence-electron chi connectivity index (χ3n) is 4.49. The Kier molecular flexibility index (Phi) is 25.0. The number of hydrogen-bond acceptors (Lipinski definition) is 8. The van der Waals surface area contributed by atoms with E-state index in [9.17, 15) is 0 Å². The summed E-state index contributed by atoms with van der Waals surface area (Å²) >= 11 is 0. The van der Waals surface area contributed by atoms with Crippen LogP contribution in [0.25, 0.3) is 0 Å². The Morgan fingerprint density at radius 2 is 1.48 bits per heavy atom. The smallest absolute Gasteiger partial charge is 0.468 e. The largest absolute Gasteiger partial charge is 0.499 e. The molecule has 15 heteroatoms. The van der Waals surface area contributed by atoms with Crippen molar-refractivity contribution in [3.8, 4) is 0 Å². The van der Waals surface area contributed by atoms with Crippen molar-refractivity contribution < 1.29 is 35.1 Å². The Hall–Kier alpha value is 1.20. The zero-order valence-electron chi connectivity index (χ0n) is 20.2. The van der Waals surface area contributed by atoms with E-state index in [1.807, 2.05) is 0 Å². The van der Waals surface area contributed by atoms with Crippen LogP contribution in [0.1, 0.15) is 6.42 Å². The van der Waals surface area contributed by atoms with Gasteiger partial charge in [-0.25, -0.2) is 0 Å². The summed E-state index contributed by atoms with van der Waals surface area (Å²) in [6.45, 7) is 9.13. The summed E-state index contributed by atoms with van der Waals surface area (Å²) in [6, 6.07) is 3.17. The summed E-state index contributed by atoms with van der Waals surface area (Å²) in [5, 5.41) is 0. The summed E-state index contributed by atoms with van der Waals surface area (Å²) in [5.41, 5.74) is 0. The predicted octanol–water partition coefficient (Wildman–Crippen LogP) is -2.63. The first kappa shape index (κ1) is 32.4. The number of ether oxygens (including phenoxy) is 2. The Morgan fingerprint density at radius 3 is 1.86 bits per heavy atom. The lowest BCUT2D eigenvalue weighted by Gasteiger charge is -2.25. The minimum absolute atomic E-state index is 0.0139. The molecule has 0 radical (unpaired) electrons. The van der Waals surface area contributed by atoms with E-state index in [-0.39, 0.29) is 9.76 Å². The quantitative estimate of drug-likeness (QED) is 0.127. The maximum atomic E-state index is 5.41. The second-order valence-corrected chi connectivity index (χ2v) is 20.8. The molecule has 8 nitrogen and oxygen atoms in total. The molecule has 0 aromatic rings. The van der Waals surface area contributed by atoms with Crippen LogP contribution in [0.4, 0.5) is 0 Å². The van der Waals surface area contributed by atoms with E-state index in [2.05, 4.69) is 19.6 Å². The van der Waals surface area contributed by atoms with Crippen molar-refractivity contribution in [2.75, 3.05) is 41.2 Å². The van der Waals surface area contributed by atoms with Gasteiger partial charge in [-0.2, -0.15) is 0 Å². The monoisotopic (exact) mass is 538 g/mol. The first-order valence-electron chi connectivity index (χ1n) is 10.3. The first-order chi connectivity index (χ1) is 13.9. The molecular weight excluding hydrogens is 493 g/mol. The highest BCUT2D eigenvalue weighted by Crippen LogP contribution is 2.16. The van der Waals surface area contributed by atoms with Crippen LogP contribution in [0.5, 0.6) is 0 Å². The molecule has 1 heterocycles. The summed E-state index contributed by atoms with van der Waals surface area (Å²) < 4.78 is 42.0. The zero-order chi connectivity index (χ0) is 22.5. The topological polar surface area (TPSA) is 77.1 Å². The van der Waals surface area contributed by atoms with Gasteiger partial charge in [0.25, 0.3) is 0 Å². The van der Waals surface area contributed by atoms with Crippen LogP contribution in [0.2, 0.25) is 37.8 Å². The molecular formula is C14H46O8Si7. The van der Waals surface area contributed by atoms with E-state index >= 15 is 0 Å². The maximum absolute atomic E-state index is 5.41. The van der Waals surface area contributed by atoms with Gasteiger partial charge in [0.05, 0.1) is 13.2 Å². The fourth-order valence-corrected chi connectivity index (χ4v) is 8.80. The van der Waals surface area contributed by atoms with E-state index in [4.69, 9.17) is 35.1 Å². The molecule has 3 unspecified atom stereocenters. The van der Waals surface area contributed by atoms with Gasteiger partial charge in [-0.05, 0) is 31.6 Å². The molecule has 178 valence electrons. The van der Waals surface area contributed by atoms with Crippen molar-refractivity contribution in [1.29, 1.82) is 0 Å². The van der Waals surface area contributed by atoms with Crippen LogP contribution in [0, 0.1) is 0 Å². The van der Waals surface area contributed by atoms with Crippen LogP contribution in [-0.2, 0) is 35.1 Å². The molecule has 1 aliphatic heterocycles.